The highest BCUT2D eigenvalue weighted by Crippen LogP contribution is 2.37. The molecule has 6 heteroatoms. The molecule has 21 heavy (non-hydrogen) atoms. The summed E-state index contributed by atoms with van der Waals surface area (Å²) in [7, 11) is 0. The number of carbonyl (C=O) groups is 2. The molecule has 0 radical (unpaired) electrons. The summed E-state index contributed by atoms with van der Waals surface area (Å²) < 4.78 is 23.9. The molecule has 1 aliphatic heterocycles. The maximum atomic E-state index is 14.0. The lowest BCUT2D eigenvalue weighted by molar-refractivity contribution is -0.154. The molecule has 5 nitrogen and oxygen atoms in total. The molecule has 3 rings (SSSR count). The summed E-state index contributed by atoms with van der Waals surface area (Å²) in [5.41, 5.74) is 0.125. The zero-order chi connectivity index (χ0) is 15.0. The fourth-order valence-corrected chi connectivity index (χ4v) is 1.99. The summed E-state index contributed by atoms with van der Waals surface area (Å²) in [4.78, 5) is 23.0. The Balaban J connectivity index is 1.98. The highest BCUT2D eigenvalue weighted by Gasteiger charge is 2.32. The molecule has 0 aromatic heterocycles. The second kappa shape index (κ2) is 4.90. The molecular formula is C15H9FO5. The molecule has 1 atom stereocenters. The summed E-state index contributed by atoms with van der Waals surface area (Å²) in [6, 6.07) is 10.3. The van der Waals surface area contributed by atoms with Crippen LogP contribution < -0.4 is 9.47 Å². The van der Waals surface area contributed by atoms with Gasteiger partial charge in [0.25, 0.3) is 0 Å². The number of carbonyl (C=O) groups excluding carboxylic acids is 1. The Morgan fingerprint density at radius 3 is 2.29 bits per heavy atom. The van der Waals surface area contributed by atoms with Crippen LogP contribution in [0.1, 0.15) is 15.9 Å². The molecule has 0 spiro atoms. The first-order valence-corrected chi connectivity index (χ1v) is 6.05. The normalized spacial score (nSPS) is 15.8. The quantitative estimate of drug-likeness (QED) is 0.877. The third-order valence-electron chi connectivity index (χ3n) is 2.98. The number of halogens is 1. The van der Waals surface area contributed by atoms with Gasteiger partial charge >= 0.3 is 12.3 Å². The third kappa shape index (κ3) is 2.31. The zero-order valence-corrected chi connectivity index (χ0v) is 10.6. The monoisotopic (exact) mass is 288 g/mol. The van der Waals surface area contributed by atoms with Crippen LogP contribution in [-0.4, -0.2) is 23.1 Å². The highest BCUT2D eigenvalue weighted by molar-refractivity contribution is 6.09. The Morgan fingerprint density at radius 1 is 1.05 bits per heavy atom. The topological polar surface area (TPSA) is 72.8 Å². The van der Waals surface area contributed by atoms with Crippen molar-refractivity contribution >= 4 is 11.8 Å². The minimum atomic E-state index is -1.53. The molecule has 2 aromatic carbocycles. The lowest BCUT2D eigenvalue weighted by Gasteiger charge is -2.04. The molecule has 0 bridgehead atoms. The Hall–Kier alpha value is -2.89. The maximum absolute atomic E-state index is 14.0. The van der Waals surface area contributed by atoms with E-state index in [9.17, 15) is 14.0 Å². The second-order valence-corrected chi connectivity index (χ2v) is 4.38. The molecule has 1 unspecified atom stereocenters. The van der Waals surface area contributed by atoms with Gasteiger partial charge in [0.05, 0.1) is 5.56 Å². The first-order valence-electron chi connectivity index (χ1n) is 6.05. The van der Waals surface area contributed by atoms with Crippen molar-refractivity contribution in [2.45, 2.75) is 6.29 Å². The van der Waals surface area contributed by atoms with E-state index in [2.05, 4.69) is 0 Å². The van der Waals surface area contributed by atoms with E-state index < -0.39 is 23.9 Å². The molecule has 0 amide bonds. The van der Waals surface area contributed by atoms with Gasteiger partial charge in [-0.3, -0.25) is 4.79 Å². The summed E-state index contributed by atoms with van der Waals surface area (Å²) in [6.07, 6.45) is -1.53. The van der Waals surface area contributed by atoms with Gasteiger partial charge in [0, 0.05) is 11.6 Å². The van der Waals surface area contributed by atoms with Crippen molar-refractivity contribution in [1.82, 2.24) is 0 Å². The third-order valence-corrected chi connectivity index (χ3v) is 2.98. The van der Waals surface area contributed by atoms with Crippen molar-refractivity contribution in [2.75, 3.05) is 0 Å². The minimum Gasteiger partial charge on any atom is -0.476 e. The Morgan fingerprint density at radius 2 is 1.67 bits per heavy atom. The van der Waals surface area contributed by atoms with E-state index in [1.165, 1.54) is 0 Å². The van der Waals surface area contributed by atoms with Crippen LogP contribution in [0.5, 0.6) is 11.5 Å². The number of ether oxygens (including phenoxy) is 2. The van der Waals surface area contributed by atoms with Gasteiger partial charge in [-0.15, -0.1) is 0 Å². The number of carboxylic acid groups (broad SMARTS) is 1. The molecular weight excluding hydrogens is 279 g/mol. The van der Waals surface area contributed by atoms with E-state index in [0.29, 0.717) is 5.56 Å². The largest absolute Gasteiger partial charge is 0.476 e. The number of aliphatic carboxylic acids is 1. The number of carboxylic acids is 1. The lowest BCUT2D eigenvalue weighted by Crippen LogP contribution is -2.28. The van der Waals surface area contributed by atoms with Crippen LogP contribution in [0, 0.1) is 5.82 Å². The molecule has 0 aliphatic carbocycles. The fourth-order valence-electron chi connectivity index (χ4n) is 1.99. The molecule has 0 saturated carbocycles. The molecule has 1 aliphatic rings. The molecule has 2 aromatic rings. The van der Waals surface area contributed by atoms with Crippen molar-refractivity contribution in [3.63, 3.8) is 0 Å². The first kappa shape index (κ1) is 13.1. The predicted octanol–water partition coefficient (Wildman–Crippen LogP) is 2.24. The maximum Gasteiger partial charge on any atom is 0.387 e. The Bertz CT molecular complexity index is 726. The minimum absolute atomic E-state index is 0.0306. The molecule has 106 valence electrons. The number of benzene rings is 2. The molecule has 0 fully saturated rings. The average Bonchev–Trinajstić information content (AvgIpc) is 2.89. The van der Waals surface area contributed by atoms with Crippen molar-refractivity contribution in [3.8, 4) is 11.5 Å². The lowest BCUT2D eigenvalue weighted by atomic mass is 10.0. The van der Waals surface area contributed by atoms with Gasteiger partial charge in [-0.1, -0.05) is 30.3 Å². The van der Waals surface area contributed by atoms with Crippen LogP contribution in [0.4, 0.5) is 4.39 Å². The molecule has 1 heterocycles. The summed E-state index contributed by atoms with van der Waals surface area (Å²) in [6.45, 7) is 0. The zero-order valence-electron chi connectivity index (χ0n) is 10.6. The Labute approximate surface area is 118 Å². The van der Waals surface area contributed by atoms with Crippen molar-refractivity contribution in [2.24, 2.45) is 0 Å². The summed E-state index contributed by atoms with van der Waals surface area (Å²) in [5.74, 6) is -2.65. The number of rotatable bonds is 3. The van der Waals surface area contributed by atoms with Gasteiger partial charge in [-0.05, 0) is 6.07 Å². The highest BCUT2D eigenvalue weighted by atomic mass is 19.1. The van der Waals surface area contributed by atoms with Gasteiger partial charge < -0.3 is 14.6 Å². The Kier molecular flexibility index (Phi) is 3.06. The van der Waals surface area contributed by atoms with E-state index in [-0.39, 0.29) is 17.1 Å². The van der Waals surface area contributed by atoms with Gasteiger partial charge in [0.15, 0.2) is 17.3 Å². The fraction of sp³-hybridized carbons (Fsp3) is 0.0667. The van der Waals surface area contributed by atoms with Crippen molar-refractivity contribution < 1.29 is 28.6 Å². The predicted molar refractivity (Wildman–Crippen MR) is 69.0 cm³/mol. The van der Waals surface area contributed by atoms with E-state index in [1.807, 2.05) is 0 Å². The SMILES string of the molecule is O=C(c1ccccc1)c1cc2c(cc1F)OC(C(=O)O)O2. The van der Waals surface area contributed by atoms with E-state index in [0.717, 1.165) is 12.1 Å². The summed E-state index contributed by atoms with van der Waals surface area (Å²) >= 11 is 0. The number of fused-ring (bicyclic) bond motifs is 1. The van der Waals surface area contributed by atoms with Gasteiger partial charge in [-0.25, -0.2) is 9.18 Å². The van der Waals surface area contributed by atoms with Crippen molar-refractivity contribution in [3.05, 3.63) is 59.4 Å². The van der Waals surface area contributed by atoms with Gasteiger partial charge in [0.2, 0.25) is 0 Å². The van der Waals surface area contributed by atoms with E-state index >= 15 is 0 Å². The first-order chi connectivity index (χ1) is 10.1. The van der Waals surface area contributed by atoms with Crippen LogP contribution in [0.3, 0.4) is 0 Å². The van der Waals surface area contributed by atoms with E-state index in [1.54, 1.807) is 30.3 Å². The number of hydrogen-bond acceptors (Lipinski definition) is 4. The number of hydrogen-bond donors (Lipinski definition) is 1. The van der Waals surface area contributed by atoms with Crippen LogP contribution in [0.2, 0.25) is 0 Å². The molecule has 1 N–H and O–H groups in total. The average molecular weight is 288 g/mol. The van der Waals surface area contributed by atoms with E-state index in [4.69, 9.17) is 14.6 Å². The smallest absolute Gasteiger partial charge is 0.387 e. The molecule has 0 saturated heterocycles. The van der Waals surface area contributed by atoms with Crippen LogP contribution in [0.25, 0.3) is 0 Å². The summed E-state index contributed by atoms with van der Waals surface area (Å²) in [5, 5.41) is 8.80. The van der Waals surface area contributed by atoms with Crippen LogP contribution in [-0.2, 0) is 4.79 Å². The van der Waals surface area contributed by atoms with Crippen molar-refractivity contribution in [1.29, 1.82) is 0 Å². The number of ketones is 1. The second-order valence-electron chi connectivity index (χ2n) is 4.38. The van der Waals surface area contributed by atoms with Gasteiger partial charge in [-0.2, -0.15) is 0 Å². The van der Waals surface area contributed by atoms with Crippen LogP contribution >= 0.6 is 0 Å². The van der Waals surface area contributed by atoms with Crippen LogP contribution in [0.15, 0.2) is 42.5 Å². The van der Waals surface area contributed by atoms with Gasteiger partial charge in [0.1, 0.15) is 5.82 Å². The standard InChI is InChI=1S/C15H9FO5/c16-10-7-12-11(20-15(21-12)14(18)19)6-9(10)13(17)8-4-2-1-3-5-8/h1-7,15H,(H,18,19).